The fourth-order valence-electron chi connectivity index (χ4n) is 4.58. The minimum absolute atomic E-state index is 0.100. The number of halogens is 3. The molecule has 2 atom stereocenters. The molecule has 0 heterocycles. The van der Waals surface area contributed by atoms with Crippen molar-refractivity contribution in [2.75, 3.05) is 43.9 Å². The largest absolute Gasteiger partial charge is 0.419 e. The van der Waals surface area contributed by atoms with Crippen molar-refractivity contribution in [3.05, 3.63) is 83.2 Å². The molecule has 0 radical (unpaired) electrons. The van der Waals surface area contributed by atoms with Crippen molar-refractivity contribution in [2.24, 2.45) is 10.9 Å². The average Bonchev–Trinajstić information content (AvgIpc) is 2.92. The van der Waals surface area contributed by atoms with Gasteiger partial charge in [0, 0.05) is 43.0 Å². The zero-order valence-corrected chi connectivity index (χ0v) is 25.1. The van der Waals surface area contributed by atoms with Gasteiger partial charge in [0.15, 0.2) is 0 Å². The van der Waals surface area contributed by atoms with Crippen LogP contribution in [0.4, 0.5) is 24.5 Å². The molecule has 0 bridgehead atoms. The maximum Gasteiger partial charge on any atom is 0.419 e. The summed E-state index contributed by atoms with van der Waals surface area (Å²) < 4.78 is 42.4. The minimum atomic E-state index is -4.64. The summed E-state index contributed by atoms with van der Waals surface area (Å²) in [5, 5.41) is 19.1. The number of amidine groups is 1. The van der Waals surface area contributed by atoms with E-state index >= 15 is 0 Å². The van der Waals surface area contributed by atoms with Crippen molar-refractivity contribution in [2.45, 2.75) is 59.7 Å². The number of nitrogens with one attached hydrogen (secondary N) is 3. The first kappa shape index (κ1) is 33.9. The van der Waals surface area contributed by atoms with Crippen LogP contribution in [0, 0.1) is 12.8 Å². The summed E-state index contributed by atoms with van der Waals surface area (Å²) in [4.78, 5) is 6.45. The van der Waals surface area contributed by atoms with Gasteiger partial charge in [0.05, 0.1) is 11.6 Å². The highest BCUT2D eigenvalue weighted by Gasteiger charge is 2.36. The lowest BCUT2D eigenvalue weighted by molar-refractivity contribution is -0.0901. The number of nitrogens with zero attached hydrogens (tertiary/aromatic N) is 2. The highest BCUT2D eigenvalue weighted by Crippen LogP contribution is 2.32. The standard InChI is InChI=1S/C32H46F3N5O/c1-7-17-40(6)22-23(3)20-37-31-19-27(15-14-24(31)4)38-25(5)36-21-28(32(33,34)35)29(8-2)39-30(16-18-41)26-12-10-9-11-13-26/h8-15,19,21,23,30,37,39,41H,7,16-18,20,22H2,1-6H3,(H,36,38)/b28-21+,29-8+. The van der Waals surface area contributed by atoms with Crippen LogP contribution in [-0.4, -0.2) is 55.3 Å². The number of rotatable bonds is 15. The maximum absolute atomic E-state index is 14.1. The molecule has 0 aliphatic carbocycles. The van der Waals surface area contributed by atoms with Crippen molar-refractivity contribution < 1.29 is 18.3 Å². The Labute approximate surface area is 243 Å². The molecule has 0 aromatic heterocycles. The lowest BCUT2D eigenvalue weighted by Crippen LogP contribution is -2.28. The number of allylic oxidation sites excluding steroid dienone is 2. The molecule has 9 heteroatoms. The molecule has 226 valence electrons. The van der Waals surface area contributed by atoms with E-state index in [-0.39, 0.29) is 18.7 Å². The highest BCUT2D eigenvalue weighted by atomic mass is 19.4. The average molecular weight is 574 g/mol. The Morgan fingerprint density at radius 1 is 1.15 bits per heavy atom. The van der Waals surface area contributed by atoms with Crippen molar-refractivity contribution >= 4 is 17.2 Å². The Balaban J connectivity index is 2.19. The van der Waals surface area contributed by atoms with E-state index in [1.165, 1.54) is 6.08 Å². The number of aliphatic hydroxyl groups is 1. The molecule has 4 N–H and O–H groups in total. The van der Waals surface area contributed by atoms with Crippen LogP contribution >= 0.6 is 0 Å². The van der Waals surface area contributed by atoms with Crippen molar-refractivity contribution in [3.63, 3.8) is 0 Å². The molecular weight excluding hydrogens is 527 g/mol. The van der Waals surface area contributed by atoms with Gasteiger partial charge in [-0.2, -0.15) is 13.2 Å². The normalized spacial score (nSPS) is 14.7. The zero-order chi connectivity index (χ0) is 30.4. The first-order valence-electron chi connectivity index (χ1n) is 14.2. The van der Waals surface area contributed by atoms with E-state index in [9.17, 15) is 18.3 Å². The second-order valence-electron chi connectivity index (χ2n) is 10.5. The number of aliphatic hydroxyl groups excluding tert-OH is 1. The third kappa shape index (κ3) is 11.6. The zero-order valence-electron chi connectivity index (χ0n) is 25.1. The molecule has 0 aliphatic rings. The van der Waals surface area contributed by atoms with Gasteiger partial charge in [-0.15, -0.1) is 0 Å². The van der Waals surface area contributed by atoms with E-state index in [1.54, 1.807) is 13.8 Å². The van der Waals surface area contributed by atoms with E-state index in [4.69, 9.17) is 0 Å². The Hall–Kier alpha value is -3.30. The van der Waals surface area contributed by atoms with Crippen LogP contribution in [0.15, 0.2) is 77.1 Å². The summed E-state index contributed by atoms with van der Waals surface area (Å²) in [5.41, 5.74) is 2.57. The molecule has 0 saturated heterocycles. The third-order valence-electron chi connectivity index (χ3n) is 6.65. The molecule has 0 saturated carbocycles. The maximum atomic E-state index is 14.1. The number of benzene rings is 2. The number of aryl methyl sites for hydroxylation is 1. The van der Waals surface area contributed by atoms with Crippen LogP contribution < -0.4 is 16.0 Å². The summed E-state index contributed by atoms with van der Waals surface area (Å²) in [7, 11) is 2.13. The van der Waals surface area contributed by atoms with Gasteiger partial charge in [-0.1, -0.05) is 56.3 Å². The molecule has 0 spiro atoms. The number of hydrogen-bond acceptors (Lipinski definition) is 5. The van der Waals surface area contributed by atoms with Gasteiger partial charge < -0.3 is 26.0 Å². The molecule has 41 heavy (non-hydrogen) atoms. The van der Waals surface area contributed by atoms with Crippen molar-refractivity contribution in [1.82, 2.24) is 10.2 Å². The molecule has 0 aliphatic heterocycles. The Bertz CT molecular complexity index is 1160. The summed E-state index contributed by atoms with van der Waals surface area (Å²) in [6, 6.07) is 14.4. The van der Waals surface area contributed by atoms with Gasteiger partial charge in [0.2, 0.25) is 0 Å². The summed E-state index contributed by atoms with van der Waals surface area (Å²) >= 11 is 0. The first-order valence-corrected chi connectivity index (χ1v) is 14.2. The van der Waals surface area contributed by atoms with Crippen molar-refractivity contribution in [3.8, 4) is 0 Å². The van der Waals surface area contributed by atoms with E-state index in [2.05, 4.69) is 46.7 Å². The smallest absolute Gasteiger partial charge is 0.396 e. The molecule has 6 nitrogen and oxygen atoms in total. The third-order valence-corrected chi connectivity index (χ3v) is 6.65. The van der Waals surface area contributed by atoms with Crippen LogP contribution in [0.3, 0.4) is 0 Å². The quantitative estimate of drug-likeness (QED) is 0.102. The Morgan fingerprint density at radius 2 is 1.85 bits per heavy atom. The van der Waals surface area contributed by atoms with Gasteiger partial charge in [-0.25, -0.2) is 4.99 Å². The monoisotopic (exact) mass is 573 g/mol. The molecule has 2 aromatic carbocycles. The van der Waals surface area contributed by atoms with Crippen LogP contribution in [-0.2, 0) is 0 Å². The van der Waals surface area contributed by atoms with Crippen LogP contribution in [0.25, 0.3) is 0 Å². The highest BCUT2D eigenvalue weighted by molar-refractivity contribution is 5.94. The van der Waals surface area contributed by atoms with Crippen LogP contribution in [0.1, 0.15) is 57.7 Å². The molecule has 2 aromatic rings. The van der Waals surface area contributed by atoms with E-state index in [0.717, 1.165) is 54.8 Å². The van der Waals surface area contributed by atoms with Gasteiger partial charge >= 0.3 is 6.18 Å². The first-order chi connectivity index (χ1) is 19.5. The number of aliphatic imine (C=N–C) groups is 1. The van der Waals surface area contributed by atoms with E-state index in [1.807, 2.05) is 55.5 Å². The van der Waals surface area contributed by atoms with Gasteiger partial charge in [-0.05, 0) is 76.4 Å². The molecular formula is C32H46F3N5O. The van der Waals surface area contributed by atoms with Crippen molar-refractivity contribution in [1.29, 1.82) is 0 Å². The van der Waals surface area contributed by atoms with E-state index in [0.29, 0.717) is 11.8 Å². The van der Waals surface area contributed by atoms with Gasteiger partial charge in [-0.3, -0.25) is 0 Å². The molecule has 0 amide bonds. The molecule has 0 fully saturated rings. The lowest BCUT2D eigenvalue weighted by Gasteiger charge is -2.24. The number of hydrogen-bond donors (Lipinski definition) is 4. The minimum Gasteiger partial charge on any atom is -0.396 e. The fraction of sp³-hybridized carbons (Fsp3) is 0.469. The SMILES string of the molecule is C/C=C(NC(CCO)c1ccccc1)\C(=C/N=C(C)Nc1ccc(C)c(NCC(C)CN(C)CCC)c1)C(F)(F)F. The number of anilines is 2. The Morgan fingerprint density at radius 3 is 2.46 bits per heavy atom. The number of alkyl halides is 3. The predicted octanol–water partition coefficient (Wildman–Crippen LogP) is 7.28. The second kappa shape index (κ2) is 16.8. The van der Waals surface area contributed by atoms with E-state index < -0.39 is 17.8 Å². The topological polar surface area (TPSA) is 71.9 Å². The Kier molecular flexibility index (Phi) is 13.9. The second-order valence-corrected chi connectivity index (χ2v) is 10.5. The van der Waals surface area contributed by atoms with Gasteiger partial charge in [0.1, 0.15) is 5.84 Å². The van der Waals surface area contributed by atoms with Gasteiger partial charge in [0.25, 0.3) is 0 Å². The molecule has 2 unspecified atom stereocenters. The van der Waals surface area contributed by atoms with Crippen LogP contribution in [0.2, 0.25) is 0 Å². The fourth-order valence-corrected chi connectivity index (χ4v) is 4.58. The summed E-state index contributed by atoms with van der Waals surface area (Å²) in [5.74, 6) is 0.770. The summed E-state index contributed by atoms with van der Waals surface area (Å²) in [6.45, 7) is 12.3. The lowest BCUT2D eigenvalue weighted by atomic mass is 10.0. The predicted molar refractivity (Wildman–Crippen MR) is 165 cm³/mol. The van der Waals surface area contributed by atoms with Crippen LogP contribution in [0.5, 0.6) is 0 Å². The summed E-state index contributed by atoms with van der Waals surface area (Å²) in [6.07, 6.45) is -1.04. The molecule has 2 rings (SSSR count).